The van der Waals surface area contributed by atoms with Crippen LogP contribution in [0.4, 0.5) is 0 Å². The molecule has 1 rings (SSSR count). The molecule has 1 fully saturated rings. The lowest BCUT2D eigenvalue weighted by Crippen LogP contribution is -2.49. The molecule has 2 nitrogen and oxygen atoms in total. The zero-order chi connectivity index (χ0) is 14.0. The molecule has 0 spiro atoms. The molecular formula is C16H34N2. The highest BCUT2D eigenvalue weighted by Crippen LogP contribution is 2.25. The van der Waals surface area contributed by atoms with Gasteiger partial charge in [-0.1, -0.05) is 27.7 Å². The van der Waals surface area contributed by atoms with Gasteiger partial charge in [0.05, 0.1) is 0 Å². The molecule has 0 aromatic rings. The summed E-state index contributed by atoms with van der Waals surface area (Å²) in [6, 6.07) is 0. The second-order valence-electron chi connectivity index (χ2n) is 8.41. The smallest absolute Gasteiger partial charge is 0.00967 e. The monoisotopic (exact) mass is 254 g/mol. The largest absolute Gasteiger partial charge is 0.311 e. The standard InChI is InChI=1S/C16H34N2/c1-13-8-14(2)10-18(9-13)12-16(6,7)11-17-15(3,4)5/h13-14,17H,8-12H2,1-7H3. The highest BCUT2D eigenvalue weighted by molar-refractivity contribution is 4.83. The van der Waals surface area contributed by atoms with Crippen molar-refractivity contribution in [2.75, 3.05) is 26.2 Å². The third-order valence-corrected chi connectivity index (χ3v) is 3.69. The van der Waals surface area contributed by atoms with Crippen LogP contribution in [0.15, 0.2) is 0 Å². The van der Waals surface area contributed by atoms with Crippen LogP contribution in [-0.4, -0.2) is 36.6 Å². The Morgan fingerprint density at radius 1 is 1.00 bits per heavy atom. The number of hydrogen-bond donors (Lipinski definition) is 1. The Morgan fingerprint density at radius 2 is 1.50 bits per heavy atom. The topological polar surface area (TPSA) is 15.3 Å². The SMILES string of the molecule is CC1CC(C)CN(CC(C)(C)CNC(C)(C)C)C1. The summed E-state index contributed by atoms with van der Waals surface area (Å²) in [7, 11) is 0. The summed E-state index contributed by atoms with van der Waals surface area (Å²) in [6.45, 7) is 21.2. The zero-order valence-corrected chi connectivity index (χ0v) is 13.6. The minimum Gasteiger partial charge on any atom is -0.311 e. The maximum Gasteiger partial charge on any atom is 0.00967 e. The molecule has 2 unspecified atom stereocenters. The van der Waals surface area contributed by atoms with E-state index in [1.807, 2.05) is 0 Å². The van der Waals surface area contributed by atoms with Crippen molar-refractivity contribution in [2.45, 2.75) is 60.4 Å². The molecule has 1 N–H and O–H groups in total. The molecule has 0 aliphatic carbocycles. The van der Waals surface area contributed by atoms with E-state index in [0.717, 1.165) is 18.4 Å². The van der Waals surface area contributed by atoms with E-state index in [2.05, 4.69) is 58.7 Å². The zero-order valence-electron chi connectivity index (χ0n) is 13.6. The lowest BCUT2D eigenvalue weighted by molar-refractivity contribution is 0.0930. The van der Waals surface area contributed by atoms with Crippen LogP contribution < -0.4 is 5.32 Å². The van der Waals surface area contributed by atoms with Gasteiger partial charge >= 0.3 is 0 Å². The van der Waals surface area contributed by atoms with E-state index in [-0.39, 0.29) is 5.54 Å². The normalized spacial score (nSPS) is 27.5. The van der Waals surface area contributed by atoms with Crippen LogP contribution >= 0.6 is 0 Å². The summed E-state index contributed by atoms with van der Waals surface area (Å²) in [4.78, 5) is 2.67. The van der Waals surface area contributed by atoms with Crippen molar-refractivity contribution >= 4 is 0 Å². The quantitative estimate of drug-likeness (QED) is 0.827. The summed E-state index contributed by atoms with van der Waals surface area (Å²) in [5.41, 5.74) is 0.573. The van der Waals surface area contributed by atoms with Gasteiger partial charge in [-0.2, -0.15) is 0 Å². The Hall–Kier alpha value is -0.0800. The van der Waals surface area contributed by atoms with Gasteiger partial charge in [0.25, 0.3) is 0 Å². The molecule has 0 aromatic carbocycles. The Bertz CT molecular complexity index is 242. The van der Waals surface area contributed by atoms with Crippen molar-refractivity contribution in [2.24, 2.45) is 17.3 Å². The van der Waals surface area contributed by atoms with Gasteiger partial charge in [-0.15, -0.1) is 0 Å². The van der Waals surface area contributed by atoms with Gasteiger partial charge < -0.3 is 10.2 Å². The van der Waals surface area contributed by atoms with Crippen LogP contribution in [0.3, 0.4) is 0 Å². The van der Waals surface area contributed by atoms with E-state index in [9.17, 15) is 0 Å². The third-order valence-electron chi connectivity index (χ3n) is 3.69. The Balaban J connectivity index is 2.44. The highest BCUT2D eigenvalue weighted by Gasteiger charge is 2.28. The number of nitrogens with one attached hydrogen (secondary N) is 1. The number of piperidine rings is 1. The second kappa shape index (κ2) is 5.92. The van der Waals surface area contributed by atoms with Gasteiger partial charge in [0.1, 0.15) is 0 Å². The van der Waals surface area contributed by atoms with Crippen molar-refractivity contribution in [1.29, 1.82) is 0 Å². The van der Waals surface area contributed by atoms with Gasteiger partial charge in [0, 0.05) is 31.7 Å². The Morgan fingerprint density at radius 3 is 1.94 bits per heavy atom. The van der Waals surface area contributed by atoms with Gasteiger partial charge in [-0.25, -0.2) is 0 Å². The summed E-state index contributed by atoms with van der Waals surface area (Å²) in [5, 5.41) is 3.65. The molecule has 2 atom stereocenters. The molecule has 0 bridgehead atoms. The molecule has 18 heavy (non-hydrogen) atoms. The number of rotatable bonds is 4. The minimum absolute atomic E-state index is 0.222. The van der Waals surface area contributed by atoms with Gasteiger partial charge in [-0.05, 0) is 44.4 Å². The Kier molecular flexibility index (Phi) is 5.25. The van der Waals surface area contributed by atoms with Crippen LogP contribution in [0.5, 0.6) is 0 Å². The summed E-state index contributed by atoms with van der Waals surface area (Å²) < 4.78 is 0. The fourth-order valence-corrected chi connectivity index (χ4v) is 3.09. The van der Waals surface area contributed by atoms with E-state index in [0.29, 0.717) is 5.41 Å². The molecule has 1 saturated heterocycles. The molecule has 0 aromatic heterocycles. The van der Waals surface area contributed by atoms with Crippen LogP contribution in [0, 0.1) is 17.3 Å². The molecular weight excluding hydrogens is 220 g/mol. The maximum atomic E-state index is 3.65. The lowest BCUT2D eigenvalue weighted by atomic mass is 9.87. The highest BCUT2D eigenvalue weighted by atomic mass is 15.1. The fraction of sp³-hybridized carbons (Fsp3) is 1.00. The van der Waals surface area contributed by atoms with E-state index in [1.54, 1.807) is 0 Å². The predicted octanol–water partition coefficient (Wildman–Crippen LogP) is 3.38. The molecule has 0 amide bonds. The van der Waals surface area contributed by atoms with E-state index < -0.39 is 0 Å². The van der Waals surface area contributed by atoms with Crippen molar-refractivity contribution < 1.29 is 0 Å². The fourth-order valence-electron chi connectivity index (χ4n) is 3.09. The van der Waals surface area contributed by atoms with Crippen LogP contribution in [0.25, 0.3) is 0 Å². The van der Waals surface area contributed by atoms with E-state index in [4.69, 9.17) is 0 Å². The number of likely N-dealkylation sites (tertiary alicyclic amines) is 1. The first-order valence-corrected chi connectivity index (χ1v) is 7.55. The van der Waals surface area contributed by atoms with Crippen molar-refractivity contribution in [1.82, 2.24) is 10.2 Å². The summed E-state index contributed by atoms with van der Waals surface area (Å²) in [6.07, 6.45) is 1.40. The van der Waals surface area contributed by atoms with Crippen molar-refractivity contribution in [3.63, 3.8) is 0 Å². The first-order chi connectivity index (χ1) is 8.07. The molecule has 1 heterocycles. The molecule has 1 aliphatic rings. The van der Waals surface area contributed by atoms with Crippen molar-refractivity contribution in [3.8, 4) is 0 Å². The first-order valence-electron chi connectivity index (χ1n) is 7.55. The predicted molar refractivity (Wildman–Crippen MR) is 80.9 cm³/mol. The molecule has 2 heteroatoms. The van der Waals surface area contributed by atoms with Gasteiger partial charge in [0.15, 0.2) is 0 Å². The first kappa shape index (κ1) is 16.0. The maximum absolute atomic E-state index is 3.65. The van der Waals surface area contributed by atoms with Gasteiger partial charge in [-0.3, -0.25) is 0 Å². The molecule has 1 aliphatic heterocycles. The number of hydrogen-bond acceptors (Lipinski definition) is 2. The van der Waals surface area contributed by atoms with Crippen LogP contribution in [-0.2, 0) is 0 Å². The minimum atomic E-state index is 0.222. The molecule has 108 valence electrons. The van der Waals surface area contributed by atoms with Gasteiger partial charge in [0.2, 0.25) is 0 Å². The molecule has 0 saturated carbocycles. The summed E-state index contributed by atoms with van der Waals surface area (Å²) >= 11 is 0. The average Bonchev–Trinajstić information content (AvgIpc) is 2.11. The van der Waals surface area contributed by atoms with Crippen LogP contribution in [0.2, 0.25) is 0 Å². The van der Waals surface area contributed by atoms with E-state index in [1.165, 1.54) is 26.1 Å². The molecule has 0 radical (unpaired) electrons. The van der Waals surface area contributed by atoms with Crippen molar-refractivity contribution in [3.05, 3.63) is 0 Å². The number of nitrogens with zero attached hydrogens (tertiary/aromatic N) is 1. The van der Waals surface area contributed by atoms with Crippen LogP contribution in [0.1, 0.15) is 54.9 Å². The summed E-state index contributed by atoms with van der Waals surface area (Å²) in [5.74, 6) is 1.72. The third kappa shape index (κ3) is 6.19. The second-order valence-corrected chi connectivity index (χ2v) is 8.41. The van der Waals surface area contributed by atoms with E-state index >= 15 is 0 Å². The average molecular weight is 254 g/mol. The lowest BCUT2D eigenvalue weighted by Gasteiger charge is -2.40. The Labute approximate surface area is 115 Å².